The molecule has 0 spiro atoms. The Morgan fingerprint density at radius 3 is 1.67 bits per heavy atom. The van der Waals surface area contributed by atoms with E-state index in [2.05, 4.69) is 31.7 Å². The fraction of sp³-hybridized carbons (Fsp3) is 0.188. The molecule has 1 aliphatic carbocycles. The van der Waals surface area contributed by atoms with E-state index in [0.29, 0.717) is 0 Å². The van der Waals surface area contributed by atoms with Crippen molar-refractivity contribution < 1.29 is 40.4 Å². The molecule has 0 atom stereocenters. The number of rotatable bonds is 0. The number of hydrogen-bond donors (Lipinski definition) is 0. The van der Waals surface area contributed by atoms with Crippen LogP contribution in [0.15, 0.2) is 60.7 Å². The van der Waals surface area contributed by atoms with Crippen LogP contribution < -0.4 is 0 Å². The first-order valence-corrected chi connectivity index (χ1v) is 8.78. The van der Waals surface area contributed by atoms with E-state index in [-0.39, 0.29) is 21.1 Å². The van der Waals surface area contributed by atoms with Gasteiger partial charge < -0.3 is 0 Å². The van der Waals surface area contributed by atoms with Gasteiger partial charge in [-0.3, -0.25) is 0 Å². The van der Waals surface area contributed by atoms with Gasteiger partial charge in [-0.2, -0.15) is 47.7 Å². The van der Waals surface area contributed by atoms with E-state index in [1.54, 1.807) is 11.8 Å². The van der Waals surface area contributed by atoms with Crippen LogP contribution in [-0.4, -0.2) is 16.4 Å². The van der Waals surface area contributed by atoms with Gasteiger partial charge in [-0.1, -0.05) is 6.92 Å². The van der Waals surface area contributed by atoms with Crippen molar-refractivity contribution in [2.75, 3.05) is 12.5 Å². The van der Waals surface area contributed by atoms with Crippen LogP contribution in [0.1, 0.15) is 5.56 Å². The van der Waals surface area contributed by atoms with Gasteiger partial charge in [-0.25, -0.2) is 0 Å². The van der Waals surface area contributed by atoms with Gasteiger partial charge in [-0.15, -0.1) is 0 Å². The minimum absolute atomic E-state index is 0. The zero-order valence-corrected chi connectivity index (χ0v) is 19.1. The van der Waals surface area contributed by atoms with Crippen molar-refractivity contribution in [1.82, 2.24) is 0 Å². The maximum Gasteiger partial charge on any atom is 0 e. The fourth-order valence-corrected chi connectivity index (χ4v) is 1.45. The van der Waals surface area contributed by atoms with E-state index >= 15 is 0 Å². The summed E-state index contributed by atoms with van der Waals surface area (Å²) in [5.41, 5.74) is 2.38. The first-order valence-electron chi connectivity index (χ1n) is 5.68. The summed E-state index contributed by atoms with van der Waals surface area (Å²) in [7, 11) is 0. The molecule has 1 aromatic rings. The van der Waals surface area contributed by atoms with Crippen LogP contribution in [0.4, 0.5) is 0 Å². The minimum atomic E-state index is 0. The van der Waals surface area contributed by atoms with Gasteiger partial charge >= 0.3 is 59.7 Å². The molecule has 0 saturated carbocycles. The van der Waals surface area contributed by atoms with E-state index in [0.717, 1.165) is 5.57 Å². The molecule has 0 aromatic heterocycles. The molecule has 0 N–H and O–H groups in total. The Labute approximate surface area is 157 Å². The summed E-state index contributed by atoms with van der Waals surface area (Å²) in [5.74, 6) is 0. The number of hydrogen-bond acceptors (Lipinski definition) is 3. The zero-order valence-electron chi connectivity index (χ0n) is 12.4. The zero-order chi connectivity index (χ0) is 15.8. The van der Waals surface area contributed by atoms with Gasteiger partial charge in [0.1, 0.15) is 0 Å². The van der Waals surface area contributed by atoms with Crippen molar-refractivity contribution in [2.45, 2.75) is 6.92 Å². The number of benzene rings is 1. The molecule has 114 valence electrons. The molecule has 5 heteroatoms. The maximum absolute atomic E-state index is 7.00. The SMILES string of the molecule is C=C1C=C[C](=[W])C=C1.CSC.Cc1cc[c-]cc1.O=O.[W]. The van der Waals surface area contributed by atoms with Crippen LogP contribution in [0, 0.1) is 22.9 Å². The topological polar surface area (TPSA) is 34.1 Å². The number of thioether (sulfide) groups is 1. The van der Waals surface area contributed by atoms with Crippen LogP contribution >= 0.6 is 11.8 Å². The summed E-state index contributed by atoms with van der Waals surface area (Å²) in [4.78, 5) is 14.0. The standard InChI is InChI=1S/C7H7.C7H6.C2H6S.O2.2W/c2*1-7-5-3-2-4-6-7;1-3-2;1-2;;/h3-6H,1H3;3-6H,1H2;1-2H3;;;/q-1;;;;;. The summed E-state index contributed by atoms with van der Waals surface area (Å²) in [5, 5.41) is 0. The van der Waals surface area contributed by atoms with E-state index < -0.39 is 0 Å². The second-order valence-corrected chi connectivity index (χ2v) is 6.14. The fourth-order valence-electron chi connectivity index (χ4n) is 0.960. The van der Waals surface area contributed by atoms with Gasteiger partial charge in [0.2, 0.25) is 0 Å². The van der Waals surface area contributed by atoms with Crippen LogP contribution in [0.3, 0.4) is 0 Å². The molecule has 21 heavy (non-hydrogen) atoms. The first-order chi connectivity index (χ1) is 9.60. The van der Waals surface area contributed by atoms with E-state index in [1.807, 2.05) is 48.9 Å². The smallest absolute Gasteiger partial charge is 0 e. The Kier molecular flexibility index (Phi) is 23.9. The van der Waals surface area contributed by atoms with E-state index in [9.17, 15) is 0 Å². The summed E-state index contributed by atoms with van der Waals surface area (Å²) >= 11 is 3.26. The maximum atomic E-state index is 7.00. The van der Waals surface area contributed by atoms with Crippen molar-refractivity contribution >= 4 is 15.7 Å². The molecule has 0 aliphatic heterocycles. The third-order valence-corrected chi connectivity index (χ3v) is 2.79. The Hall–Kier alpha value is -0.363. The molecule has 0 saturated heterocycles. The Morgan fingerprint density at radius 1 is 1.05 bits per heavy atom. The molecule has 2 rings (SSSR count). The normalized spacial score (nSPS) is 10.6. The quantitative estimate of drug-likeness (QED) is 0.398. The van der Waals surface area contributed by atoms with Crippen LogP contribution in [0.5, 0.6) is 0 Å². The summed E-state index contributed by atoms with van der Waals surface area (Å²) in [6.45, 7) is 5.83. The first kappa shape index (κ1) is 25.6. The number of allylic oxidation sites excluding steroid dienone is 5. The molecule has 0 amide bonds. The third-order valence-electron chi connectivity index (χ3n) is 1.81. The van der Waals surface area contributed by atoms with Crippen molar-refractivity contribution in [3.63, 3.8) is 0 Å². The molecule has 0 heterocycles. The Balaban J connectivity index is -0.000000230. The minimum Gasteiger partial charge on any atom is -0.184 e. The van der Waals surface area contributed by atoms with Gasteiger partial charge in [0.05, 0.1) is 0 Å². The van der Waals surface area contributed by atoms with Crippen LogP contribution in [0.2, 0.25) is 0 Å². The second kappa shape index (κ2) is 19.6. The average Bonchev–Trinajstić information content (AvgIpc) is 2.47. The second-order valence-electron chi connectivity index (χ2n) is 3.63. The molecule has 1 aromatic carbocycles. The van der Waals surface area contributed by atoms with Gasteiger partial charge in [-0.05, 0) is 12.5 Å². The van der Waals surface area contributed by atoms with Crippen LogP contribution in [-0.2, 0) is 40.4 Å². The molecule has 0 bridgehead atoms. The molecule has 0 unspecified atom stereocenters. The summed E-state index contributed by atoms with van der Waals surface area (Å²) in [6.07, 6.45) is 12.3. The summed E-state index contributed by atoms with van der Waals surface area (Å²) in [6, 6.07) is 10.8. The molecular weight excluding hydrogens is 624 g/mol. The summed E-state index contributed by atoms with van der Waals surface area (Å²) < 4.78 is 1.37. The average molecular weight is 643 g/mol. The van der Waals surface area contributed by atoms with Crippen molar-refractivity contribution in [3.8, 4) is 0 Å². The largest absolute Gasteiger partial charge is 0.184 e. The molecule has 2 nitrogen and oxygen atoms in total. The predicted octanol–water partition coefficient (Wildman–Crippen LogP) is 4.23. The van der Waals surface area contributed by atoms with Crippen molar-refractivity contribution in [2.24, 2.45) is 0 Å². The molecule has 0 fully saturated rings. The number of aryl methyl sites for hydroxylation is 1. The van der Waals surface area contributed by atoms with Gasteiger partial charge in [0.25, 0.3) is 0 Å². The van der Waals surface area contributed by atoms with E-state index in [1.165, 1.54) is 28.8 Å². The molecular formula is C16H19O2SW2-. The van der Waals surface area contributed by atoms with Gasteiger partial charge in [0, 0.05) is 31.0 Å². The Morgan fingerprint density at radius 2 is 1.43 bits per heavy atom. The molecule has 1 aliphatic rings. The third kappa shape index (κ3) is 19.6. The van der Waals surface area contributed by atoms with Crippen LogP contribution in [0.25, 0.3) is 0 Å². The van der Waals surface area contributed by atoms with Gasteiger partial charge in [0.15, 0.2) is 0 Å². The van der Waals surface area contributed by atoms with Crippen molar-refractivity contribution in [3.05, 3.63) is 82.3 Å². The molecule has 0 radical (unpaired) electrons. The van der Waals surface area contributed by atoms with Crippen molar-refractivity contribution in [1.29, 1.82) is 0 Å². The van der Waals surface area contributed by atoms with E-state index in [4.69, 9.17) is 9.93 Å². The monoisotopic (exact) mass is 643 g/mol. The Bertz CT molecular complexity index is 405. The predicted molar refractivity (Wildman–Crippen MR) is 88.6 cm³/mol.